The summed E-state index contributed by atoms with van der Waals surface area (Å²) < 4.78 is 24.9. The van der Waals surface area contributed by atoms with Crippen LogP contribution in [0, 0.1) is 16.4 Å². The third kappa shape index (κ3) is 3.97. The number of sulfone groups is 1. The van der Waals surface area contributed by atoms with Gasteiger partial charge in [-0.25, -0.2) is 8.42 Å². The molecule has 21 heavy (non-hydrogen) atoms. The number of nitrogens with two attached hydrogens (primary N) is 1. The molecule has 4 nitrogen and oxygen atoms in total. The fraction of sp³-hybridized carbons (Fsp3) is 0.600. The van der Waals surface area contributed by atoms with E-state index in [2.05, 4.69) is 47.1 Å². The Labute approximate surface area is 140 Å². The lowest BCUT2D eigenvalue weighted by Gasteiger charge is -2.34. The number of hydrogen-bond acceptors (Lipinski definition) is 4. The molecule has 2 rings (SSSR count). The smallest absolute Gasteiger partial charge is 0.150 e. The van der Waals surface area contributed by atoms with Crippen molar-refractivity contribution in [2.45, 2.75) is 43.9 Å². The maximum atomic E-state index is 11.8. The van der Waals surface area contributed by atoms with Crippen LogP contribution in [0.3, 0.4) is 0 Å². The van der Waals surface area contributed by atoms with Crippen molar-refractivity contribution in [3.8, 4) is 0 Å². The topological polar surface area (TPSA) is 72.2 Å². The summed E-state index contributed by atoms with van der Waals surface area (Å²) >= 11 is 2.35. The van der Waals surface area contributed by atoms with E-state index in [1.807, 2.05) is 6.07 Å². The van der Waals surface area contributed by atoms with Crippen molar-refractivity contribution in [1.29, 1.82) is 0 Å². The molecule has 1 aromatic rings. The first-order valence-corrected chi connectivity index (χ1v) is 10.3. The van der Waals surface area contributed by atoms with Crippen molar-refractivity contribution in [3.05, 3.63) is 32.9 Å². The third-order valence-electron chi connectivity index (χ3n) is 4.48. The summed E-state index contributed by atoms with van der Waals surface area (Å²) in [7, 11) is -2.97. The molecule has 0 amide bonds. The summed E-state index contributed by atoms with van der Waals surface area (Å²) in [6.45, 7) is 2.08. The highest BCUT2D eigenvalue weighted by molar-refractivity contribution is 14.1. The van der Waals surface area contributed by atoms with Gasteiger partial charge in [0.15, 0.2) is 0 Å². The minimum Gasteiger partial charge on any atom is -0.271 e. The Morgan fingerprint density at radius 2 is 2.10 bits per heavy atom. The Balaban J connectivity index is 2.27. The molecule has 0 heterocycles. The molecule has 0 aliphatic heterocycles. The summed E-state index contributed by atoms with van der Waals surface area (Å²) in [4.78, 5) is 0. The van der Waals surface area contributed by atoms with Crippen molar-refractivity contribution in [2.24, 2.45) is 11.8 Å². The minimum absolute atomic E-state index is 0.0151. The predicted molar refractivity (Wildman–Crippen MR) is 94.5 cm³/mol. The van der Waals surface area contributed by atoms with Gasteiger partial charge in [0.25, 0.3) is 0 Å². The predicted octanol–water partition coefficient (Wildman–Crippen LogP) is 2.71. The van der Waals surface area contributed by atoms with Crippen molar-refractivity contribution in [3.63, 3.8) is 0 Å². The second-order valence-corrected chi connectivity index (χ2v) is 9.41. The van der Waals surface area contributed by atoms with Crippen molar-refractivity contribution < 1.29 is 8.42 Å². The van der Waals surface area contributed by atoms with Crippen molar-refractivity contribution in [1.82, 2.24) is 5.43 Å². The molecule has 0 bridgehead atoms. The van der Waals surface area contributed by atoms with E-state index in [0.717, 1.165) is 19.3 Å². The number of aryl methyl sites for hydroxylation is 1. The van der Waals surface area contributed by atoms with E-state index in [-0.39, 0.29) is 17.2 Å². The van der Waals surface area contributed by atoms with Crippen LogP contribution in [-0.2, 0) is 9.84 Å². The van der Waals surface area contributed by atoms with Crippen LogP contribution in [0.15, 0.2) is 18.2 Å². The zero-order chi connectivity index (χ0) is 15.6. The van der Waals surface area contributed by atoms with Crippen molar-refractivity contribution >= 4 is 32.4 Å². The maximum Gasteiger partial charge on any atom is 0.150 e. The minimum atomic E-state index is -2.97. The molecule has 0 radical (unpaired) electrons. The van der Waals surface area contributed by atoms with Gasteiger partial charge in [0, 0.05) is 15.9 Å². The molecule has 6 heteroatoms. The lowest BCUT2D eigenvalue weighted by Crippen LogP contribution is -2.38. The Bertz CT molecular complexity index is 604. The van der Waals surface area contributed by atoms with Crippen LogP contribution in [-0.4, -0.2) is 19.9 Å². The van der Waals surface area contributed by atoms with Crippen molar-refractivity contribution in [2.75, 3.05) is 6.26 Å². The molecule has 1 aliphatic carbocycles. The number of hydrazine groups is 1. The zero-order valence-electron chi connectivity index (χ0n) is 12.5. The van der Waals surface area contributed by atoms with Gasteiger partial charge in [0.1, 0.15) is 9.84 Å². The third-order valence-corrected chi connectivity index (χ3v) is 7.59. The molecule has 3 atom stereocenters. The van der Waals surface area contributed by atoms with Crippen LogP contribution < -0.4 is 11.3 Å². The monoisotopic (exact) mass is 422 g/mol. The van der Waals surface area contributed by atoms with Gasteiger partial charge in [-0.15, -0.1) is 0 Å². The summed E-state index contributed by atoms with van der Waals surface area (Å²) in [5.74, 6) is 6.07. The van der Waals surface area contributed by atoms with Gasteiger partial charge in [-0.2, -0.15) is 0 Å². The fourth-order valence-corrected chi connectivity index (χ4v) is 5.15. The summed E-state index contributed by atoms with van der Waals surface area (Å²) in [6.07, 6.45) is 4.78. The van der Waals surface area contributed by atoms with E-state index in [1.54, 1.807) is 0 Å². The van der Waals surface area contributed by atoms with Crippen LogP contribution in [0.1, 0.15) is 42.9 Å². The Hall–Kier alpha value is -0.180. The number of benzene rings is 1. The molecular formula is C15H23IN2O2S. The Morgan fingerprint density at radius 3 is 2.71 bits per heavy atom. The van der Waals surface area contributed by atoms with Crippen LogP contribution in [0.2, 0.25) is 0 Å². The largest absolute Gasteiger partial charge is 0.271 e. The van der Waals surface area contributed by atoms with E-state index in [0.29, 0.717) is 6.42 Å². The highest BCUT2D eigenvalue weighted by Gasteiger charge is 2.34. The van der Waals surface area contributed by atoms with E-state index < -0.39 is 9.84 Å². The molecule has 1 aliphatic rings. The summed E-state index contributed by atoms with van der Waals surface area (Å²) in [5.41, 5.74) is 5.33. The normalized spacial score (nSPS) is 24.8. The van der Waals surface area contributed by atoms with Gasteiger partial charge in [-0.1, -0.05) is 24.6 Å². The first-order valence-electron chi connectivity index (χ1n) is 7.24. The molecule has 1 aromatic carbocycles. The lowest BCUT2D eigenvalue weighted by atomic mass is 9.81. The molecule has 1 fully saturated rings. The SMILES string of the molecule is Cc1cccc(C(NN)C2CCCC(S(C)(=O)=O)C2)c1I. The molecule has 1 saturated carbocycles. The molecular weight excluding hydrogens is 399 g/mol. The van der Waals surface area contributed by atoms with Gasteiger partial charge >= 0.3 is 0 Å². The maximum absolute atomic E-state index is 11.8. The Kier molecular flexibility index (Phi) is 5.67. The van der Waals surface area contributed by atoms with Gasteiger partial charge in [0.2, 0.25) is 0 Å². The van der Waals surface area contributed by atoms with Gasteiger partial charge in [0.05, 0.1) is 5.25 Å². The standard InChI is InChI=1S/C15H23IN2O2S/c1-10-5-3-8-13(14(10)16)15(18-17)11-6-4-7-12(9-11)21(2,19)20/h3,5,8,11-12,15,18H,4,6-7,9,17H2,1-2H3. The van der Waals surface area contributed by atoms with Crippen LogP contribution in [0.25, 0.3) is 0 Å². The second kappa shape index (κ2) is 6.93. The van der Waals surface area contributed by atoms with Gasteiger partial charge in [-0.05, 0) is 65.8 Å². The average molecular weight is 422 g/mol. The highest BCUT2D eigenvalue weighted by atomic mass is 127. The summed E-state index contributed by atoms with van der Waals surface area (Å²) in [5, 5.41) is -0.227. The number of rotatable bonds is 4. The van der Waals surface area contributed by atoms with Gasteiger partial charge < -0.3 is 0 Å². The number of nitrogens with one attached hydrogen (secondary N) is 1. The molecule has 0 saturated heterocycles. The Morgan fingerprint density at radius 1 is 1.38 bits per heavy atom. The zero-order valence-corrected chi connectivity index (χ0v) is 15.4. The van der Waals surface area contributed by atoms with Crippen LogP contribution >= 0.6 is 22.6 Å². The molecule has 3 N–H and O–H groups in total. The fourth-order valence-electron chi connectivity index (χ4n) is 3.26. The number of halogens is 1. The first-order chi connectivity index (χ1) is 9.84. The van der Waals surface area contributed by atoms with E-state index in [1.165, 1.54) is 21.0 Å². The highest BCUT2D eigenvalue weighted by Crippen LogP contribution is 2.38. The van der Waals surface area contributed by atoms with Crippen LogP contribution in [0.4, 0.5) is 0 Å². The summed E-state index contributed by atoms with van der Waals surface area (Å²) in [6, 6.07) is 6.22. The molecule has 0 aromatic heterocycles. The van der Waals surface area contributed by atoms with E-state index in [4.69, 9.17) is 5.84 Å². The average Bonchev–Trinajstić information content (AvgIpc) is 2.44. The lowest BCUT2D eigenvalue weighted by molar-refractivity contribution is 0.274. The molecule has 0 spiro atoms. The quantitative estimate of drug-likeness (QED) is 0.445. The first kappa shape index (κ1) is 17.2. The van der Waals surface area contributed by atoms with Crippen LogP contribution in [0.5, 0.6) is 0 Å². The van der Waals surface area contributed by atoms with Gasteiger partial charge in [-0.3, -0.25) is 11.3 Å². The molecule has 3 unspecified atom stereocenters. The molecule has 118 valence electrons. The van der Waals surface area contributed by atoms with E-state index in [9.17, 15) is 8.42 Å². The second-order valence-electron chi connectivity index (χ2n) is 6.00. The number of hydrogen-bond donors (Lipinski definition) is 2. The van der Waals surface area contributed by atoms with E-state index >= 15 is 0 Å².